The average Bonchev–Trinajstić information content (AvgIpc) is 3.44. The van der Waals surface area contributed by atoms with Crippen LogP contribution >= 0.6 is 11.8 Å². The number of hydrogen-bond donors (Lipinski definition) is 0. The number of ether oxygens (including phenoxy) is 1. The minimum atomic E-state index is -0.0515. The lowest BCUT2D eigenvalue weighted by molar-refractivity contribution is -0.143. The van der Waals surface area contributed by atoms with Crippen molar-refractivity contribution in [2.24, 2.45) is 0 Å². The maximum atomic E-state index is 13.0. The number of hydrogen-bond acceptors (Lipinski definition) is 6. The van der Waals surface area contributed by atoms with Crippen molar-refractivity contribution in [3.63, 3.8) is 0 Å². The molecule has 3 aromatic carbocycles. The summed E-state index contributed by atoms with van der Waals surface area (Å²) in [7, 11) is 0. The van der Waals surface area contributed by atoms with Crippen molar-refractivity contribution >= 4 is 23.6 Å². The molecular formula is C33H37N5O3S. The number of piperazine rings is 1. The average molecular weight is 584 g/mol. The maximum Gasteiger partial charge on any atom is 0.260 e. The molecule has 0 spiro atoms. The van der Waals surface area contributed by atoms with Crippen molar-refractivity contribution in [2.75, 3.05) is 32.0 Å². The molecule has 1 fully saturated rings. The standard InChI is InChI=1S/C33H37N5O3S/c1-25-16-18-27(19-17-25)32-34-35-33(38(32)28-11-5-3-6-12-28)42-22-10-9-15-30(39)36-20-21-37(26(2)23-36)31(40)24-41-29-13-7-4-8-14-29/h3-8,11-14,16-19,26H,9-10,15,20-24H2,1-2H3. The Hall–Kier alpha value is -4.11. The molecule has 5 rings (SSSR count). The molecule has 4 aromatic rings. The summed E-state index contributed by atoms with van der Waals surface area (Å²) in [5.74, 6) is 2.43. The van der Waals surface area contributed by atoms with E-state index in [2.05, 4.69) is 58.1 Å². The van der Waals surface area contributed by atoms with Gasteiger partial charge in [0.25, 0.3) is 5.91 Å². The van der Waals surface area contributed by atoms with Crippen LogP contribution in [0.2, 0.25) is 0 Å². The molecule has 1 aromatic heterocycles. The van der Waals surface area contributed by atoms with Crippen molar-refractivity contribution in [3.8, 4) is 22.8 Å². The van der Waals surface area contributed by atoms with E-state index >= 15 is 0 Å². The number of amides is 2. The number of unbranched alkanes of at least 4 members (excludes halogenated alkanes) is 1. The summed E-state index contributed by atoms with van der Waals surface area (Å²) in [5, 5.41) is 9.89. The van der Waals surface area contributed by atoms with E-state index in [4.69, 9.17) is 4.74 Å². The van der Waals surface area contributed by atoms with Gasteiger partial charge in [0.05, 0.1) is 0 Å². The van der Waals surface area contributed by atoms with Crippen LogP contribution in [0.15, 0.2) is 90.1 Å². The van der Waals surface area contributed by atoms with Crippen LogP contribution in [0.25, 0.3) is 17.1 Å². The van der Waals surface area contributed by atoms with Gasteiger partial charge in [-0.25, -0.2) is 0 Å². The normalized spacial score (nSPS) is 15.0. The number of carbonyl (C=O) groups excluding carboxylic acids is 2. The zero-order valence-electron chi connectivity index (χ0n) is 24.2. The molecule has 9 heteroatoms. The van der Waals surface area contributed by atoms with E-state index in [1.807, 2.05) is 65.3 Å². The summed E-state index contributed by atoms with van der Waals surface area (Å²) in [6.45, 7) is 5.69. The molecule has 0 aliphatic carbocycles. The van der Waals surface area contributed by atoms with E-state index in [1.54, 1.807) is 11.8 Å². The lowest BCUT2D eigenvalue weighted by Crippen LogP contribution is -2.56. The minimum absolute atomic E-state index is 0.00448. The first-order valence-corrected chi connectivity index (χ1v) is 15.4. The van der Waals surface area contributed by atoms with Gasteiger partial charge in [0, 0.05) is 49.1 Å². The van der Waals surface area contributed by atoms with Gasteiger partial charge in [-0.1, -0.05) is 78.0 Å². The van der Waals surface area contributed by atoms with E-state index < -0.39 is 0 Å². The Morgan fingerprint density at radius 3 is 2.31 bits per heavy atom. The Kier molecular flexibility index (Phi) is 9.92. The van der Waals surface area contributed by atoms with Gasteiger partial charge in [0.2, 0.25) is 5.91 Å². The topological polar surface area (TPSA) is 80.6 Å². The number of benzene rings is 3. The first-order chi connectivity index (χ1) is 20.5. The van der Waals surface area contributed by atoms with E-state index in [-0.39, 0.29) is 24.5 Å². The molecule has 42 heavy (non-hydrogen) atoms. The first-order valence-electron chi connectivity index (χ1n) is 14.5. The monoisotopic (exact) mass is 583 g/mol. The summed E-state index contributed by atoms with van der Waals surface area (Å²) >= 11 is 1.66. The van der Waals surface area contributed by atoms with E-state index in [9.17, 15) is 9.59 Å². The first kappa shape index (κ1) is 29.4. The summed E-state index contributed by atoms with van der Waals surface area (Å²) in [6.07, 6.45) is 2.19. The number of aromatic nitrogens is 3. The number of para-hydroxylation sites is 2. The lowest BCUT2D eigenvalue weighted by atomic mass is 10.1. The largest absolute Gasteiger partial charge is 0.484 e. The third kappa shape index (κ3) is 7.39. The molecule has 1 aliphatic heterocycles. The summed E-state index contributed by atoms with van der Waals surface area (Å²) < 4.78 is 7.73. The Morgan fingerprint density at radius 1 is 0.881 bits per heavy atom. The second-order valence-corrected chi connectivity index (χ2v) is 11.6. The second kappa shape index (κ2) is 14.2. The van der Waals surface area contributed by atoms with Crippen molar-refractivity contribution in [3.05, 3.63) is 90.5 Å². The number of thioether (sulfide) groups is 1. The van der Waals surface area contributed by atoms with Crippen molar-refractivity contribution in [1.82, 2.24) is 24.6 Å². The Bertz CT molecular complexity index is 1460. The lowest BCUT2D eigenvalue weighted by Gasteiger charge is -2.40. The highest BCUT2D eigenvalue weighted by Gasteiger charge is 2.29. The molecule has 2 heterocycles. The number of carbonyl (C=O) groups is 2. The smallest absolute Gasteiger partial charge is 0.260 e. The van der Waals surface area contributed by atoms with Crippen LogP contribution in [0.3, 0.4) is 0 Å². The maximum absolute atomic E-state index is 13.0. The third-order valence-corrected chi connectivity index (χ3v) is 8.39. The quantitative estimate of drug-likeness (QED) is 0.168. The molecule has 1 saturated heterocycles. The molecule has 8 nitrogen and oxygen atoms in total. The Balaban J connectivity index is 1.08. The molecule has 2 amide bonds. The molecule has 218 valence electrons. The SMILES string of the molecule is Cc1ccc(-c2nnc(SCCCCC(=O)N3CCN(C(=O)COc4ccccc4)C(C)C3)n2-c2ccccc2)cc1. The molecule has 0 saturated carbocycles. The number of nitrogens with zero attached hydrogens (tertiary/aromatic N) is 5. The van der Waals surface area contributed by atoms with Crippen LogP contribution in [0.1, 0.15) is 31.7 Å². The van der Waals surface area contributed by atoms with Crippen LogP contribution in [0, 0.1) is 6.92 Å². The molecule has 1 aliphatic rings. The third-order valence-electron chi connectivity index (χ3n) is 7.38. The molecular weight excluding hydrogens is 546 g/mol. The van der Waals surface area contributed by atoms with Crippen molar-refractivity contribution < 1.29 is 14.3 Å². The highest BCUT2D eigenvalue weighted by molar-refractivity contribution is 7.99. The van der Waals surface area contributed by atoms with Gasteiger partial charge in [0.1, 0.15) is 5.75 Å². The van der Waals surface area contributed by atoms with Gasteiger partial charge >= 0.3 is 0 Å². The highest BCUT2D eigenvalue weighted by Crippen LogP contribution is 2.29. The van der Waals surface area contributed by atoms with Crippen LogP contribution in [-0.2, 0) is 9.59 Å². The fourth-order valence-corrected chi connectivity index (χ4v) is 6.01. The predicted octanol–water partition coefficient (Wildman–Crippen LogP) is 5.64. The van der Waals surface area contributed by atoms with Crippen LogP contribution in [0.5, 0.6) is 5.75 Å². The van der Waals surface area contributed by atoms with Crippen molar-refractivity contribution in [1.29, 1.82) is 0 Å². The van der Waals surface area contributed by atoms with E-state index in [0.717, 1.165) is 40.8 Å². The summed E-state index contributed by atoms with van der Waals surface area (Å²) in [5.41, 5.74) is 3.25. The Morgan fingerprint density at radius 2 is 1.60 bits per heavy atom. The van der Waals surface area contributed by atoms with Gasteiger partial charge in [-0.2, -0.15) is 0 Å². The summed E-state index contributed by atoms with van der Waals surface area (Å²) in [4.78, 5) is 29.4. The van der Waals surface area contributed by atoms with E-state index in [1.165, 1.54) is 5.56 Å². The zero-order valence-corrected chi connectivity index (χ0v) is 25.0. The van der Waals surface area contributed by atoms with Gasteiger partial charge < -0.3 is 14.5 Å². The highest BCUT2D eigenvalue weighted by atomic mass is 32.2. The molecule has 1 unspecified atom stereocenters. The Labute approximate surface area is 251 Å². The molecule has 0 bridgehead atoms. The fourth-order valence-electron chi connectivity index (χ4n) is 5.06. The minimum Gasteiger partial charge on any atom is -0.484 e. The van der Waals surface area contributed by atoms with Crippen LogP contribution in [-0.4, -0.2) is 74.4 Å². The number of aryl methyl sites for hydroxylation is 1. The van der Waals surface area contributed by atoms with E-state index in [0.29, 0.717) is 31.8 Å². The zero-order chi connectivity index (χ0) is 29.3. The predicted molar refractivity (Wildman–Crippen MR) is 166 cm³/mol. The van der Waals surface area contributed by atoms with Crippen molar-refractivity contribution in [2.45, 2.75) is 44.3 Å². The van der Waals surface area contributed by atoms with Gasteiger partial charge in [0.15, 0.2) is 17.6 Å². The molecule has 0 radical (unpaired) electrons. The fraction of sp³-hybridized carbons (Fsp3) is 0.333. The molecule has 0 N–H and O–H groups in total. The number of rotatable bonds is 11. The second-order valence-electron chi connectivity index (χ2n) is 10.5. The van der Waals surface area contributed by atoms with Gasteiger partial charge in [-0.15, -0.1) is 10.2 Å². The van der Waals surface area contributed by atoms with Crippen LogP contribution in [0.4, 0.5) is 0 Å². The van der Waals surface area contributed by atoms with Gasteiger partial charge in [-0.05, 0) is 51.0 Å². The van der Waals surface area contributed by atoms with Gasteiger partial charge in [-0.3, -0.25) is 14.2 Å². The summed E-state index contributed by atoms with van der Waals surface area (Å²) in [6, 6.07) is 27.8. The van der Waals surface area contributed by atoms with Crippen LogP contribution < -0.4 is 4.74 Å². The molecule has 1 atom stereocenters.